The predicted molar refractivity (Wildman–Crippen MR) is 149 cm³/mol. The molecule has 0 radical (unpaired) electrons. The summed E-state index contributed by atoms with van der Waals surface area (Å²) in [7, 11) is 0. The fourth-order valence-corrected chi connectivity index (χ4v) is 5.59. The number of halogens is 2. The van der Waals surface area contributed by atoms with Crippen LogP contribution in [0.1, 0.15) is 78.6 Å². The molecule has 0 spiro atoms. The van der Waals surface area contributed by atoms with Gasteiger partial charge in [0.15, 0.2) is 0 Å². The van der Waals surface area contributed by atoms with Crippen molar-refractivity contribution in [3.8, 4) is 0 Å². The molecule has 2 aromatic rings. The zero-order chi connectivity index (χ0) is 26.2. The monoisotopic (exact) mass is 544 g/mol. The Bertz CT molecular complexity index is 831. The number of carbonyl (C=O) groups excluding carboxylic acids is 1. The molecule has 1 aromatic carbocycles. The lowest BCUT2D eigenvalue weighted by Crippen LogP contribution is -2.20. The highest BCUT2D eigenvalue weighted by atomic mass is 35.5. The summed E-state index contributed by atoms with van der Waals surface area (Å²) in [4.78, 5) is 13.4. The maximum absolute atomic E-state index is 11.6. The molecule has 0 saturated heterocycles. The Kier molecular flexibility index (Phi) is 16.6. The van der Waals surface area contributed by atoms with Crippen LogP contribution in [0.25, 0.3) is 0 Å². The lowest BCUT2D eigenvalue weighted by molar-refractivity contribution is 0.0309. The van der Waals surface area contributed by atoms with Crippen molar-refractivity contribution in [1.29, 1.82) is 0 Å². The largest absolute Gasteiger partial charge is 0.461 e. The van der Waals surface area contributed by atoms with E-state index in [1.807, 2.05) is 26.0 Å². The van der Waals surface area contributed by atoms with Crippen LogP contribution in [0.2, 0.25) is 5.02 Å². The van der Waals surface area contributed by atoms with Crippen molar-refractivity contribution < 1.29 is 19.7 Å². The SMILES string of the molecule is CC.CCCc1ccc(C(=O)OCC(CO)CO)s1.Cc1cc(Cl)cc(CC[C@H]2CC[C@@H](Cl)C2)c1. The summed E-state index contributed by atoms with van der Waals surface area (Å²) in [6.45, 7) is 7.86. The molecular weight excluding hydrogens is 503 g/mol. The smallest absolute Gasteiger partial charge is 0.348 e. The standard InChI is InChI=1S/C14H18Cl2.C12H18O4S.C2H6/c1-10-6-12(9-14(16)7-10)3-2-11-4-5-13(15)8-11;1-2-3-10-4-5-11(17-10)12(15)16-8-9(6-13)7-14;1-2/h6-7,9,11,13H,2-5,8H2,1H3;4-5,9,13-14H,2-3,6-8H2,1H3;1-2H3/t11-,13+;;/m0../s1. The summed E-state index contributed by atoms with van der Waals surface area (Å²) in [6, 6.07) is 10.0. The number of aliphatic hydroxyl groups is 2. The van der Waals surface area contributed by atoms with Gasteiger partial charge in [0, 0.05) is 21.2 Å². The normalized spacial score (nSPS) is 16.8. The Hall–Kier alpha value is -1.11. The van der Waals surface area contributed by atoms with Crippen molar-refractivity contribution >= 4 is 40.5 Å². The number of hydrogen-bond acceptors (Lipinski definition) is 5. The molecule has 0 amide bonds. The Balaban J connectivity index is 0.000000327. The average molecular weight is 546 g/mol. The fraction of sp³-hybridized carbons (Fsp3) is 0.607. The third-order valence-electron chi connectivity index (χ3n) is 5.75. The summed E-state index contributed by atoms with van der Waals surface area (Å²) in [5.41, 5.74) is 2.62. The van der Waals surface area contributed by atoms with Gasteiger partial charge < -0.3 is 14.9 Å². The molecule has 1 fully saturated rings. The van der Waals surface area contributed by atoms with Crippen molar-refractivity contribution in [2.45, 2.75) is 78.0 Å². The van der Waals surface area contributed by atoms with Crippen LogP contribution in [0, 0.1) is 18.8 Å². The molecule has 1 aromatic heterocycles. The summed E-state index contributed by atoms with van der Waals surface area (Å²) in [5, 5.41) is 19.0. The minimum Gasteiger partial charge on any atom is -0.461 e. The van der Waals surface area contributed by atoms with Crippen LogP contribution in [0.5, 0.6) is 0 Å². The number of benzene rings is 1. The van der Waals surface area contributed by atoms with Crippen LogP contribution >= 0.6 is 34.5 Å². The lowest BCUT2D eigenvalue weighted by atomic mass is 9.97. The van der Waals surface area contributed by atoms with Crippen LogP contribution in [0.15, 0.2) is 30.3 Å². The number of rotatable bonds is 10. The van der Waals surface area contributed by atoms with Gasteiger partial charge >= 0.3 is 5.97 Å². The first-order valence-electron chi connectivity index (χ1n) is 12.7. The van der Waals surface area contributed by atoms with Crippen LogP contribution in [-0.4, -0.2) is 41.4 Å². The van der Waals surface area contributed by atoms with Crippen molar-refractivity contribution in [2.75, 3.05) is 19.8 Å². The minimum atomic E-state index is -0.394. The molecule has 7 heteroatoms. The highest BCUT2D eigenvalue weighted by Crippen LogP contribution is 2.32. The number of aliphatic hydroxyl groups excluding tert-OH is 2. The Morgan fingerprint density at radius 2 is 1.86 bits per heavy atom. The first-order chi connectivity index (χ1) is 16.8. The van der Waals surface area contributed by atoms with Crippen molar-refractivity contribution in [2.24, 2.45) is 11.8 Å². The van der Waals surface area contributed by atoms with E-state index in [1.165, 1.54) is 53.0 Å². The molecule has 1 aliphatic rings. The topological polar surface area (TPSA) is 66.8 Å². The molecule has 2 N–H and O–H groups in total. The highest BCUT2D eigenvalue weighted by molar-refractivity contribution is 7.13. The number of alkyl halides is 1. The molecule has 35 heavy (non-hydrogen) atoms. The molecule has 1 aliphatic carbocycles. The van der Waals surface area contributed by atoms with E-state index < -0.39 is 5.92 Å². The van der Waals surface area contributed by atoms with E-state index in [1.54, 1.807) is 6.07 Å². The maximum atomic E-state index is 11.6. The van der Waals surface area contributed by atoms with E-state index >= 15 is 0 Å². The third-order valence-corrected chi connectivity index (χ3v) is 7.49. The van der Waals surface area contributed by atoms with Crippen LogP contribution in [-0.2, 0) is 17.6 Å². The van der Waals surface area contributed by atoms with E-state index in [4.69, 9.17) is 38.2 Å². The molecule has 2 atom stereocenters. The molecule has 0 aliphatic heterocycles. The van der Waals surface area contributed by atoms with Gasteiger partial charge in [-0.1, -0.05) is 44.9 Å². The van der Waals surface area contributed by atoms with Gasteiger partial charge in [-0.2, -0.15) is 0 Å². The van der Waals surface area contributed by atoms with Gasteiger partial charge in [-0.15, -0.1) is 22.9 Å². The number of carbonyl (C=O) groups is 1. The summed E-state index contributed by atoms with van der Waals surface area (Å²) in [6.07, 6.45) is 8.09. The molecule has 3 rings (SSSR count). The lowest BCUT2D eigenvalue weighted by Gasteiger charge is -2.10. The summed E-state index contributed by atoms with van der Waals surface area (Å²) < 4.78 is 5.01. The summed E-state index contributed by atoms with van der Waals surface area (Å²) >= 11 is 13.6. The summed E-state index contributed by atoms with van der Waals surface area (Å²) in [5.74, 6) is 0.0417. The fourth-order valence-electron chi connectivity index (χ4n) is 3.90. The zero-order valence-electron chi connectivity index (χ0n) is 21.6. The maximum Gasteiger partial charge on any atom is 0.348 e. The molecular formula is C28H42Cl2O4S. The van der Waals surface area contributed by atoms with E-state index in [2.05, 4.69) is 26.0 Å². The Morgan fingerprint density at radius 3 is 2.43 bits per heavy atom. The molecule has 0 bridgehead atoms. The Labute approximate surface area is 225 Å². The first kappa shape index (κ1) is 31.9. The van der Waals surface area contributed by atoms with Crippen molar-refractivity contribution in [3.63, 3.8) is 0 Å². The zero-order valence-corrected chi connectivity index (χ0v) is 23.9. The van der Waals surface area contributed by atoms with E-state index in [0.29, 0.717) is 10.3 Å². The minimum absolute atomic E-state index is 0.0485. The van der Waals surface area contributed by atoms with E-state index in [0.717, 1.165) is 30.2 Å². The predicted octanol–water partition coefficient (Wildman–Crippen LogP) is 7.47. The van der Waals surface area contributed by atoms with E-state index in [9.17, 15) is 4.79 Å². The number of hydrogen-bond donors (Lipinski definition) is 2. The number of esters is 1. The van der Waals surface area contributed by atoms with Crippen LogP contribution in [0.4, 0.5) is 0 Å². The van der Waals surface area contributed by atoms with Gasteiger partial charge in [-0.25, -0.2) is 4.79 Å². The second-order valence-corrected chi connectivity index (χ2v) is 11.0. The van der Waals surface area contributed by atoms with Gasteiger partial charge in [-0.05, 0) is 86.8 Å². The molecule has 1 heterocycles. The molecule has 4 nitrogen and oxygen atoms in total. The second kappa shape index (κ2) is 18.2. The van der Waals surface area contributed by atoms with E-state index in [-0.39, 0.29) is 25.8 Å². The van der Waals surface area contributed by atoms with Gasteiger partial charge in [0.05, 0.1) is 19.8 Å². The van der Waals surface area contributed by atoms with Crippen molar-refractivity contribution in [3.05, 3.63) is 56.2 Å². The van der Waals surface area contributed by atoms with Gasteiger partial charge in [0.1, 0.15) is 4.88 Å². The number of aryl methyl sites for hydroxylation is 3. The average Bonchev–Trinajstić information content (AvgIpc) is 3.49. The number of thiophene rings is 1. The van der Waals surface area contributed by atoms with Gasteiger partial charge in [-0.3, -0.25) is 0 Å². The van der Waals surface area contributed by atoms with Crippen molar-refractivity contribution in [1.82, 2.24) is 0 Å². The van der Waals surface area contributed by atoms with Gasteiger partial charge in [0.25, 0.3) is 0 Å². The number of ether oxygens (including phenoxy) is 1. The highest BCUT2D eigenvalue weighted by Gasteiger charge is 2.22. The third kappa shape index (κ3) is 12.6. The first-order valence-corrected chi connectivity index (χ1v) is 14.3. The Morgan fingerprint density at radius 1 is 1.14 bits per heavy atom. The van der Waals surface area contributed by atoms with Crippen LogP contribution < -0.4 is 0 Å². The molecule has 0 unspecified atom stereocenters. The van der Waals surface area contributed by atoms with Crippen LogP contribution in [0.3, 0.4) is 0 Å². The van der Waals surface area contributed by atoms with Gasteiger partial charge in [0.2, 0.25) is 0 Å². The quantitative estimate of drug-likeness (QED) is 0.240. The molecule has 1 saturated carbocycles. The molecule has 198 valence electrons. The second-order valence-electron chi connectivity index (χ2n) is 8.80.